The first-order valence-corrected chi connectivity index (χ1v) is 7.01. The molecule has 0 aromatic heterocycles. The van der Waals surface area contributed by atoms with Crippen LogP contribution in [-0.4, -0.2) is 58.1 Å². The predicted octanol–water partition coefficient (Wildman–Crippen LogP) is -0.409. The molecular weight excluding hydrogens is 292 g/mol. The molecule has 1 aromatic rings. The molecule has 0 saturated carbocycles. The van der Waals surface area contributed by atoms with E-state index in [0.29, 0.717) is 0 Å². The normalized spacial score (nSPS) is 32.4. The second kappa shape index (κ2) is 7.66. The molecule has 1 fully saturated rings. The van der Waals surface area contributed by atoms with Gasteiger partial charge in [0.15, 0.2) is 6.29 Å². The molecule has 2 rings (SSSR count). The van der Waals surface area contributed by atoms with Crippen molar-refractivity contribution < 1.29 is 34.7 Å². The zero-order chi connectivity index (χ0) is 16.1. The summed E-state index contributed by atoms with van der Waals surface area (Å²) in [7, 11) is 0. The first kappa shape index (κ1) is 16.9. The fourth-order valence-electron chi connectivity index (χ4n) is 2.41. The summed E-state index contributed by atoms with van der Waals surface area (Å²) in [6.45, 7) is -0.211. The van der Waals surface area contributed by atoms with E-state index >= 15 is 0 Å². The second-order valence-corrected chi connectivity index (χ2v) is 5.31. The van der Waals surface area contributed by atoms with Crippen molar-refractivity contribution in [2.24, 2.45) is 11.8 Å². The van der Waals surface area contributed by atoms with Crippen LogP contribution in [0.3, 0.4) is 0 Å². The van der Waals surface area contributed by atoms with Crippen molar-refractivity contribution in [2.45, 2.75) is 25.1 Å². The van der Waals surface area contributed by atoms with Gasteiger partial charge in [-0.2, -0.15) is 0 Å². The van der Waals surface area contributed by atoms with Crippen molar-refractivity contribution in [3.63, 3.8) is 0 Å². The van der Waals surface area contributed by atoms with Gasteiger partial charge in [-0.3, -0.25) is 4.79 Å². The molecular formula is C15H20O7. The number of carbonyl (C=O) groups is 1. The van der Waals surface area contributed by atoms with Crippen LogP contribution in [0.25, 0.3) is 0 Å². The Balaban J connectivity index is 1.99. The topological polar surface area (TPSA) is 116 Å². The number of hydrogen-bond donors (Lipinski definition) is 4. The Morgan fingerprint density at radius 2 is 1.86 bits per heavy atom. The number of carboxylic acid groups (broad SMARTS) is 1. The van der Waals surface area contributed by atoms with Crippen molar-refractivity contribution in [2.75, 3.05) is 13.2 Å². The van der Waals surface area contributed by atoms with Crippen molar-refractivity contribution in [1.29, 1.82) is 0 Å². The van der Waals surface area contributed by atoms with Gasteiger partial charge in [0.25, 0.3) is 0 Å². The third-order valence-electron chi connectivity index (χ3n) is 3.77. The molecule has 1 aliphatic heterocycles. The van der Waals surface area contributed by atoms with Crippen molar-refractivity contribution in [1.82, 2.24) is 0 Å². The lowest BCUT2D eigenvalue weighted by atomic mass is 9.88. The average molecular weight is 312 g/mol. The number of hydrogen-bond acceptors (Lipinski definition) is 6. The largest absolute Gasteiger partial charge is 0.481 e. The molecule has 0 bridgehead atoms. The number of aliphatic hydroxyl groups is 3. The molecule has 7 nitrogen and oxygen atoms in total. The van der Waals surface area contributed by atoms with E-state index in [1.165, 1.54) is 0 Å². The van der Waals surface area contributed by atoms with Gasteiger partial charge < -0.3 is 29.9 Å². The van der Waals surface area contributed by atoms with E-state index in [9.17, 15) is 20.1 Å². The number of carboxylic acids is 1. The monoisotopic (exact) mass is 312 g/mol. The average Bonchev–Trinajstić information content (AvgIpc) is 2.60. The lowest BCUT2D eigenvalue weighted by molar-refractivity contribution is -0.175. The first-order chi connectivity index (χ1) is 10.5. The van der Waals surface area contributed by atoms with Crippen LogP contribution in [0.5, 0.6) is 0 Å². The Morgan fingerprint density at radius 1 is 1.18 bits per heavy atom. The van der Waals surface area contributed by atoms with Gasteiger partial charge in [-0.25, -0.2) is 0 Å². The number of aliphatic carboxylic acids is 1. The van der Waals surface area contributed by atoms with Crippen LogP contribution >= 0.6 is 0 Å². The van der Waals surface area contributed by atoms with Gasteiger partial charge in [0.2, 0.25) is 0 Å². The van der Waals surface area contributed by atoms with E-state index in [2.05, 4.69) is 0 Å². The fourth-order valence-corrected chi connectivity index (χ4v) is 2.41. The van der Waals surface area contributed by atoms with Gasteiger partial charge in [-0.1, -0.05) is 30.3 Å². The minimum absolute atomic E-state index is 0.0958. The van der Waals surface area contributed by atoms with Crippen molar-refractivity contribution >= 4 is 5.97 Å². The first-order valence-electron chi connectivity index (χ1n) is 7.01. The molecule has 7 heteroatoms. The Bertz CT molecular complexity index is 478. The highest BCUT2D eigenvalue weighted by Crippen LogP contribution is 2.25. The fraction of sp³-hybridized carbons (Fsp3) is 0.533. The third kappa shape index (κ3) is 4.02. The summed E-state index contributed by atoms with van der Waals surface area (Å²) in [5.74, 6) is -3.43. The van der Waals surface area contributed by atoms with Gasteiger partial charge in [0, 0.05) is 5.92 Å². The molecule has 0 radical (unpaired) electrons. The van der Waals surface area contributed by atoms with Gasteiger partial charge >= 0.3 is 5.97 Å². The van der Waals surface area contributed by atoms with E-state index in [4.69, 9.17) is 14.6 Å². The predicted molar refractivity (Wildman–Crippen MR) is 74.7 cm³/mol. The van der Waals surface area contributed by atoms with Crippen molar-refractivity contribution in [3.05, 3.63) is 35.9 Å². The van der Waals surface area contributed by atoms with Gasteiger partial charge in [0.05, 0.1) is 25.9 Å². The minimum atomic E-state index is -1.55. The van der Waals surface area contributed by atoms with E-state index in [0.717, 1.165) is 5.56 Å². The lowest BCUT2D eigenvalue weighted by Gasteiger charge is -2.27. The molecule has 22 heavy (non-hydrogen) atoms. The van der Waals surface area contributed by atoms with Crippen LogP contribution in [0.4, 0.5) is 0 Å². The zero-order valence-corrected chi connectivity index (χ0v) is 11.9. The van der Waals surface area contributed by atoms with Crippen LogP contribution in [0.1, 0.15) is 5.56 Å². The van der Waals surface area contributed by atoms with Gasteiger partial charge in [-0.15, -0.1) is 0 Å². The molecule has 1 saturated heterocycles. The van der Waals surface area contributed by atoms with E-state index < -0.39 is 36.3 Å². The maximum absolute atomic E-state index is 11.1. The molecule has 1 aliphatic rings. The highest BCUT2D eigenvalue weighted by atomic mass is 16.6. The highest BCUT2D eigenvalue weighted by Gasteiger charge is 2.43. The maximum Gasteiger partial charge on any atom is 0.311 e. The molecule has 1 aromatic carbocycles. The van der Waals surface area contributed by atoms with E-state index in [1.54, 1.807) is 0 Å². The third-order valence-corrected chi connectivity index (χ3v) is 3.77. The van der Waals surface area contributed by atoms with Crippen LogP contribution in [0.15, 0.2) is 30.3 Å². The molecule has 0 amide bonds. The Morgan fingerprint density at radius 3 is 2.50 bits per heavy atom. The minimum Gasteiger partial charge on any atom is -0.481 e. The number of aliphatic hydroxyl groups excluding tert-OH is 3. The number of benzene rings is 1. The summed E-state index contributed by atoms with van der Waals surface area (Å²) in [6.07, 6.45) is -4.35. The van der Waals surface area contributed by atoms with Gasteiger partial charge in [0.1, 0.15) is 12.0 Å². The summed E-state index contributed by atoms with van der Waals surface area (Å²) in [5, 5.41) is 38.8. The summed E-state index contributed by atoms with van der Waals surface area (Å²) in [5.41, 5.74) is 0.909. The number of rotatable bonds is 5. The molecule has 0 aliphatic carbocycles. The van der Waals surface area contributed by atoms with Crippen LogP contribution in [-0.2, 0) is 20.9 Å². The van der Waals surface area contributed by atoms with Crippen molar-refractivity contribution in [3.8, 4) is 0 Å². The lowest BCUT2D eigenvalue weighted by Crippen LogP contribution is -2.44. The molecule has 0 spiro atoms. The molecule has 3 unspecified atom stereocenters. The summed E-state index contributed by atoms with van der Waals surface area (Å²) in [6, 6.07) is 9.29. The zero-order valence-electron chi connectivity index (χ0n) is 11.9. The Labute approximate surface area is 127 Å². The quantitative estimate of drug-likeness (QED) is 0.584. The Kier molecular flexibility index (Phi) is 5.87. The SMILES string of the molecule is O=C(O)C1CO[C@H](O)C(O)C(COCc2ccccc2)[C@@H]1O. The Hall–Kier alpha value is -1.51. The smallest absolute Gasteiger partial charge is 0.311 e. The van der Waals surface area contributed by atoms with Gasteiger partial charge in [-0.05, 0) is 5.56 Å². The van der Waals surface area contributed by atoms with Crippen LogP contribution < -0.4 is 0 Å². The summed E-state index contributed by atoms with van der Waals surface area (Å²) in [4.78, 5) is 11.1. The number of ether oxygens (including phenoxy) is 2. The highest BCUT2D eigenvalue weighted by molar-refractivity contribution is 5.71. The van der Waals surface area contributed by atoms with E-state index in [1.807, 2.05) is 30.3 Å². The summed E-state index contributed by atoms with van der Waals surface area (Å²) < 4.78 is 10.3. The molecule has 5 atom stereocenters. The molecule has 122 valence electrons. The van der Waals surface area contributed by atoms with Crippen LogP contribution in [0.2, 0.25) is 0 Å². The summed E-state index contributed by atoms with van der Waals surface area (Å²) >= 11 is 0. The maximum atomic E-state index is 11.1. The molecule has 1 heterocycles. The second-order valence-electron chi connectivity index (χ2n) is 5.31. The van der Waals surface area contributed by atoms with E-state index in [-0.39, 0.29) is 19.8 Å². The molecule has 4 N–H and O–H groups in total. The van der Waals surface area contributed by atoms with Crippen LogP contribution in [0, 0.1) is 11.8 Å². The standard InChI is InChI=1S/C15H20O7/c16-12-10(7-21-6-9-4-2-1-3-5-9)13(17)15(20)22-8-11(12)14(18)19/h1-5,10-13,15-17,20H,6-8H2,(H,18,19)/t10?,11?,12-,13?,15-/m0/s1.